The van der Waals surface area contributed by atoms with Crippen LogP contribution in [0.25, 0.3) is 0 Å². The Morgan fingerprint density at radius 3 is 2.50 bits per heavy atom. The molecule has 4 rings (SSSR count). The third kappa shape index (κ3) is 5.50. The van der Waals surface area contributed by atoms with Crippen molar-refractivity contribution in [2.45, 2.75) is 45.1 Å². The van der Waals surface area contributed by atoms with E-state index in [1.165, 1.54) is 0 Å². The normalized spacial score (nSPS) is 18.3. The zero-order valence-electron chi connectivity index (χ0n) is 19.9. The molecule has 0 saturated heterocycles. The van der Waals surface area contributed by atoms with Gasteiger partial charge in [-0.1, -0.05) is 72.5 Å². The van der Waals surface area contributed by atoms with Crippen LogP contribution >= 0.6 is 11.6 Å². The van der Waals surface area contributed by atoms with E-state index in [-0.39, 0.29) is 30.3 Å². The van der Waals surface area contributed by atoms with Crippen LogP contribution in [0, 0.1) is 12.8 Å². The highest BCUT2D eigenvalue weighted by Gasteiger charge is 2.36. The van der Waals surface area contributed by atoms with E-state index in [0.717, 1.165) is 48.1 Å². The molecular weight excluding hydrogens is 450 g/mol. The maximum atomic E-state index is 13.6. The van der Waals surface area contributed by atoms with Crippen molar-refractivity contribution in [1.82, 2.24) is 9.91 Å². The van der Waals surface area contributed by atoms with Crippen LogP contribution in [0.15, 0.2) is 53.6 Å². The summed E-state index contributed by atoms with van der Waals surface area (Å²) in [6.45, 7) is 2.80. The van der Waals surface area contributed by atoms with Crippen LogP contribution in [0.1, 0.15) is 54.8 Å². The number of nitrogens with zero attached hydrogens (tertiary/aromatic N) is 3. The van der Waals surface area contributed by atoms with Gasteiger partial charge >= 0.3 is 0 Å². The van der Waals surface area contributed by atoms with Crippen molar-refractivity contribution in [2.24, 2.45) is 11.0 Å². The van der Waals surface area contributed by atoms with Gasteiger partial charge in [0, 0.05) is 36.6 Å². The lowest BCUT2D eigenvalue weighted by atomic mass is 9.97. The molecule has 2 aromatic carbocycles. The number of hydrazone groups is 1. The van der Waals surface area contributed by atoms with Gasteiger partial charge in [-0.05, 0) is 31.4 Å². The lowest BCUT2D eigenvalue weighted by molar-refractivity contribution is -0.144. The minimum absolute atomic E-state index is 0.00156. The SMILES string of the molecule is COCCN(CC(=O)N1N=C(c2ccccc2Cl)C[C@@H]1c1ccc(C)cc1)C(=O)C1CCCC1. The number of carbonyl (C=O) groups is 2. The predicted molar refractivity (Wildman–Crippen MR) is 134 cm³/mol. The zero-order chi connectivity index (χ0) is 24.1. The lowest BCUT2D eigenvalue weighted by Crippen LogP contribution is -2.44. The van der Waals surface area contributed by atoms with E-state index < -0.39 is 0 Å². The van der Waals surface area contributed by atoms with Gasteiger partial charge < -0.3 is 9.64 Å². The first-order valence-electron chi connectivity index (χ1n) is 12.0. The Bertz CT molecular complexity index is 1050. The van der Waals surface area contributed by atoms with Crippen LogP contribution in [-0.2, 0) is 14.3 Å². The highest BCUT2D eigenvalue weighted by Crippen LogP contribution is 2.35. The molecule has 0 aromatic heterocycles. The molecule has 2 amide bonds. The summed E-state index contributed by atoms with van der Waals surface area (Å²) in [6.07, 6.45) is 4.47. The second-order valence-electron chi connectivity index (χ2n) is 9.13. The Balaban J connectivity index is 1.60. The first kappa shape index (κ1) is 24.4. The first-order chi connectivity index (χ1) is 16.5. The quantitative estimate of drug-likeness (QED) is 0.533. The van der Waals surface area contributed by atoms with E-state index in [2.05, 4.69) is 0 Å². The number of methoxy groups -OCH3 is 1. The van der Waals surface area contributed by atoms with E-state index in [0.29, 0.717) is 24.6 Å². The number of amides is 2. The minimum atomic E-state index is -0.245. The van der Waals surface area contributed by atoms with Crippen LogP contribution in [-0.4, -0.2) is 54.2 Å². The van der Waals surface area contributed by atoms with E-state index in [1.807, 2.05) is 55.5 Å². The minimum Gasteiger partial charge on any atom is -0.383 e. The second-order valence-corrected chi connectivity index (χ2v) is 9.54. The Labute approximate surface area is 206 Å². The average Bonchev–Trinajstić information content (AvgIpc) is 3.53. The standard InChI is InChI=1S/C27H32ClN3O3/c1-19-11-13-20(14-12-19)25-17-24(22-9-5-6-10-23(22)28)29-31(25)26(32)18-30(15-16-34-2)27(33)21-7-3-4-8-21/h5-6,9-14,21,25H,3-4,7-8,15-18H2,1-2H3/t25-/m1/s1. The van der Waals surface area contributed by atoms with E-state index in [9.17, 15) is 9.59 Å². The van der Waals surface area contributed by atoms with Gasteiger partial charge in [0.05, 0.1) is 18.4 Å². The van der Waals surface area contributed by atoms with E-state index in [1.54, 1.807) is 17.0 Å². The number of ether oxygens (including phenoxy) is 1. The fraction of sp³-hybridized carbons (Fsp3) is 0.444. The topological polar surface area (TPSA) is 62.2 Å². The van der Waals surface area contributed by atoms with Gasteiger partial charge in [-0.25, -0.2) is 5.01 Å². The highest BCUT2D eigenvalue weighted by molar-refractivity contribution is 6.34. The Kier molecular flexibility index (Phi) is 8.01. The molecule has 0 bridgehead atoms. The molecule has 1 aliphatic carbocycles. The molecule has 0 radical (unpaired) electrons. The number of rotatable bonds is 8. The summed E-state index contributed by atoms with van der Waals surface area (Å²) in [5, 5.41) is 6.89. The molecule has 2 aromatic rings. The summed E-state index contributed by atoms with van der Waals surface area (Å²) in [4.78, 5) is 28.4. The molecule has 6 nitrogen and oxygen atoms in total. The predicted octanol–water partition coefficient (Wildman–Crippen LogP) is 4.99. The van der Waals surface area contributed by atoms with E-state index >= 15 is 0 Å². The maximum Gasteiger partial charge on any atom is 0.262 e. The molecule has 1 atom stereocenters. The molecular formula is C27H32ClN3O3. The number of benzene rings is 2. The molecule has 180 valence electrons. The van der Waals surface area contributed by atoms with Crippen molar-refractivity contribution in [1.29, 1.82) is 0 Å². The average molecular weight is 482 g/mol. The molecule has 0 spiro atoms. The summed E-state index contributed by atoms with van der Waals surface area (Å²) in [5.74, 6) is -0.155. The summed E-state index contributed by atoms with van der Waals surface area (Å²) >= 11 is 6.45. The Morgan fingerprint density at radius 2 is 1.82 bits per heavy atom. The van der Waals surface area contributed by atoms with Gasteiger partial charge in [0.15, 0.2) is 0 Å². The van der Waals surface area contributed by atoms with Gasteiger partial charge in [-0.3, -0.25) is 9.59 Å². The van der Waals surface area contributed by atoms with E-state index in [4.69, 9.17) is 21.4 Å². The van der Waals surface area contributed by atoms with Gasteiger partial charge in [0.1, 0.15) is 6.54 Å². The van der Waals surface area contributed by atoms with Crippen LogP contribution in [0.3, 0.4) is 0 Å². The third-order valence-electron chi connectivity index (χ3n) is 6.72. The molecule has 1 fully saturated rings. The first-order valence-corrected chi connectivity index (χ1v) is 12.3. The van der Waals surface area contributed by atoms with Gasteiger partial charge in [-0.2, -0.15) is 5.10 Å². The van der Waals surface area contributed by atoms with Crippen molar-refractivity contribution in [3.63, 3.8) is 0 Å². The van der Waals surface area contributed by atoms with Crippen LogP contribution in [0.4, 0.5) is 0 Å². The number of carbonyl (C=O) groups excluding carboxylic acids is 2. The molecule has 0 unspecified atom stereocenters. The molecule has 0 N–H and O–H groups in total. The lowest BCUT2D eigenvalue weighted by Gasteiger charge is -2.28. The number of aryl methyl sites for hydroxylation is 1. The number of hydrogen-bond acceptors (Lipinski definition) is 4. The fourth-order valence-corrected chi connectivity index (χ4v) is 5.03. The molecule has 1 aliphatic heterocycles. The zero-order valence-corrected chi connectivity index (χ0v) is 20.6. The van der Waals surface area contributed by atoms with Crippen LogP contribution in [0.2, 0.25) is 5.02 Å². The second kappa shape index (κ2) is 11.2. The summed E-state index contributed by atoms with van der Waals surface area (Å²) in [7, 11) is 1.61. The Morgan fingerprint density at radius 1 is 1.12 bits per heavy atom. The van der Waals surface area contributed by atoms with Gasteiger partial charge in [0.25, 0.3) is 5.91 Å². The van der Waals surface area contributed by atoms with Crippen molar-refractivity contribution in [3.8, 4) is 0 Å². The van der Waals surface area contributed by atoms with Crippen LogP contribution < -0.4 is 0 Å². The molecule has 1 heterocycles. The third-order valence-corrected chi connectivity index (χ3v) is 7.05. The Hall–Kier alpha value is -2.70. The smallest absolute Gasteiger partial charge is 0.262 e. The fourth-order valence-electron chi connectivity index (χ4n) is 4.78. The van der Waals surface area contributed by atoms with Gasteiger partial charge in [-0.15, -0.1) is 0 Å². The van der Waals surface area contributed by atoms with Gasteiger partial charge in [0.2, 0.25) is 5.91 Å². The largest absolute Gasteiger partial charge is 0.383 e. The highest BCUT2D eigenvalue weighted by atomic mass is 35.5. The number of hydrogen-bond donors (Lipinski definition) is 0. The molecule has 1 saturated carbocycles. The van der Waals surface area contributed by atoms with Crippen LogP contribution in [0.5, 0.6) is 0 Å². The van der Waals surface area contributed by atoms with Crippen molar-refractivity contribution in [2.75, 3.05) is 26.8 Å². The van der Waals surface area contributed by atoms with Crippen molar-refractivity contribution in [3.05, 3.63) is 70.2 Å². The summed E-state index contributed by atoms with van der Waals surface area (Å²) in [5.41, 5.74) is 3.76. The van der Waals surface area contributed by atoms with Crippen molar-refractivity contribution < 1.29 is 14.3 Å². The summed E-state index contributed by atoms with van der Waals surface area (Å²) in [6, 6.07) is 15.5. The molecule has 7 heteroatoms. The van der Waals surface area contributed by atoms with Crippen molar-refractivity contribution >= 4 is 29.1 Å². The maximum absolute atomic E-state index is 13.6. The monoisotopic (exact) mass is 481 g/mol. The summed E-state index contributed by atoms with van der Waals surface area (Å²) < 4.78 is 5.22. The molecule has 2 aliphatic rings. The molecule has 34 heavy (non-hydrogen) atoms. The number of halogens is 1.